The van der Waals surface area contributed by atoms with Gasteiger partial charge in [-0.15, -0.1) is 0 Å². The number of rotatable bonds is 0. The van der Waals surface area contributed by atoms with Crippen molar-refractivity contribution in [2.45, 2.75) is 19.4 Å². The third kappa shape index (κ3) is 1.89. The van der Waals surface area contributed by atoms with Crippen LogP contribution in [0.3, 0.4) is 0 Å². The second-order valence-electron chi connectivity index (χ2n) is 6.93. The molecule has 4 aromatic rings. The molecule has 0 amide bonds. The maximum atomic E-state index is 13.1. The standard InChI is InChI=1S/C20H14O6/c1-20(2)6-5-11-13(26-20)8-14-16(17(11)22)18(23)15-10-4-3-9(21)7-12(10)24-19(15)25-14/h3-8,21-22H,1-2H3. The molecule has 0 fully saturated rings. The molecule has 2 aromatic heterocycles. The molecule has 2 N–H and O–H groups in total. The molecule has 26 heavy (non-hydrogen) atoms. The lowest BCUT2D eigenvalue weighted by Gasteiger charge is -2.28. The van der Waals surface area contributed by atoms with Crippen molar-refractivity contribution < 1.29 is 23.8 Å². The molecule has 0 unspecified atom stereocenters. The molecule has 6 nitrogen and oxygen atoms in total. The molecule has 0 radical (unpaired) electrons. The van der Waals surface area contributed by atoms with E-state index in [0.29, 0.717) is 22.3 Å². The van der Waals surface area contributed by atoms with Crippen molar-refractivity contribution in [3.8, 4) is 17.2 Å². The van der Waals surface area contributed by atoms with Crippen molar-refractivity contribution in [1.82, 2.24) is 0 Å². The predicted octanol–water partition coefficient (Wildman–Crippen LogP) is 4.29. The van der Waals surface area contributed by atoms with Crippen LogP contribution in [0.25, 0.3) is 39.2 Å². The van der Waals surface area contributed by atoms with Crippen LogP contribution in [0.1, 0.15) is 19.4 Å². The van der Waals surface area contributed by atoms with E-state index in [1.54, 1.807) is 18.2 Å². The Kier molecular flexibility index (Phi) is 2.64. The van der Waals surface area contributed by atoms with Gasteiger partial charge in [0.25, 0.3) is 0 Å². The zero-order valence-electron chi connectivity index (χ0n) is 14.0. The number of phenols is 2. The molecule has 1 aliphatic rings. The number of hydrogen-bond acceptors (Lipinski definition) is 6. The number of ether oxygens (including phenoxy) is 1. The van der Waals surface area contributed by atoms with Gasteiger partial charge in [0.1, 0.15) is 44.8 Å². The van der Waals surface area contributed by atoms with Gasteiger partial charge < -0.3 is 23.8 Å². The lowest BCUT2D eigenvalue weighted by Crippen LogP contribution is -2.27. The van der Waals surface area contributed by atoms with E-state index in [1.165, 1.54) is 12.1 Å². The SMILES string of the molecule is CC1(C)C=Cc2c(cc3oc4oc5cc(O)ccc5c4c(=O)c3c2O)O1. The van der Waals surface area contributed by atoms with Crippen LogP contribution >= 0.6 is 0 Å². The highest BCUT2D eigenvalue weighted by Gasteiger charge is 2.27. The molecule has 0 bridgehead atoms. The van der Waals surface area contributed by atoms with Crippen molar-refractivity contribution >= 4 is 39.2 Å². The molecule has 6 heteroatoms. The smallest absolute Gasteiger partial charge is 0.302 e. The Morgan fingerprint density at radius 1 is 1.00 bits per heavy atom. The van der Waals surface area contributed by atoms with Crippen molar-refractivity contribution in [3.63, 3.8) is 0 Å². The molecule has 2 aromatic carbocycles. The molecule has 0 saturated carbocycles. The van der Waals surface area contributed by atoms with Gasteiger partial charge in [-0.3, -0.25) is 4.79 Å². The van der Waals surface area contributed by atoms with Crippen LogP contribution in [0, 0.1) is 0 Å². The van der Waals surface area contributed by atoms with Gasteiger partial charge in [-0.05, 0) is 38.1 Å². The fourth-order valence-corrected chi connectivity index (χ4v) is 3.36. The van der Waals surface area contributed by atoms with Crippen LogP contribution in [0.2, 0.25) is 0 Å². The molecular weight excluding hydrogens is 336 g/mol. The van der Waals surface area contributed by atoms with Crippen LogP contribution < -0.4 is 10.2 Å². The summed E-state index contributed by atoms with van der Waals surface area (Å²) in [6.45, 7) is 3.78. The predicted molar refractivity (Wildman–Crippen MR) is 96.8 cm³/mol. The van der Waals surface area contributed by atoms with Crippen LogP contribution in [-0.2, 0) is 0 Å². The summed E-state index contributed by atoms with van der Waals surface area (Å²) in [6.07, 6.45) is 3.56. The highest BCUT2D eigenvalue weighted by atomic mass is 16.5. The Labute approximate surface area is 146 Å². The fourth-order valence-electron chi connectivity index (χ4n) is 3.36. The fraction of sp³-hybridized carbons (Fsp3) is 0.150. The highest BCUT2D eigenvalue weighted by Crippen LogP contribution is 2.42. The second kappa shape index (κ2) is 4.60. The summed E-state index contributed by atoms with van der Waals surface area (Å²) in [5, 5.41) is 21.1. The Morgan fingerprint density at radius 3 is 2.58 bits per heavy atom. The number of phenolic OH excluding ortho intramolecular Hbond substituents is 2. The number of fused-ring (bicyclic) bond motifs is 5. The van der Waals surface area contributed by atoms with E-state index in [0.717, 1.165) is 0 Å². The summed E-state index contributed by atoms with van der Waals surface area (Å²) in [5.41, 5.74) is 0.0120. The first-order chi connectivity index (χ1) is 12.3. The zero-order chi connectivity index (χ0) is 18.2. The van der Waals surface area contributed by atoms with Crippen molar-refractivity contribution in [2.24, 2.45) is 0 Å². The number of furan rings is 1. The quantitative estimate of drug-likeness (QED) is 0.491. The van der Waals surface area contributed by atoms with Gasteiger partial charge in [-0.2, -0.15) is 0 Å². The van der Waals surface area contributed by atoms with E-state index in [-0.39, 0.29) is 33.6 Å². The monoisotopic (exact) mass is 350 g/mol. The summed E-state index contributed by atoms with van der Waals surface area (Å²) in [4.78, 5) is 13.1. The molecule has 5 rings (SSSR count). The van der Waals surface area contributed by atoms with Gasteiger partial charge in [0.15, 0.2) is 0 Å². The molecule has 0 atom stereocenters. The van der Waals surface area contributed by atoms with Gasteiger partial charge in [0.05, 0.1) is 5.56 Å². The minimum atomic E-state index is -0.533. The molecule has 0 spiro atoms. The van der Waals surface area contributed by atoms with Crippen LogP contribution in [0.5, 0.6) is 17.2 Å². The first kappa shape index (κ1) is 14.9. The van der Waals surface area contributed by atoms with Gasteiger partial charge in [-0.25, -0.2) is 0 Å². The van der Waals surface area contributed by atoms with Crippen molar-refractivity contribution in [1.29, 1.82) is 0 Å². The van der Waals surface area contributed by atoms with E-state index in [9.17, 15) is 15.0 Å². The largest absolute Gasteiger partial charge is 0.508 e. The van der Waals surface area contributed by atoms with Crippen molar-refractivity contribution in [2.75, 3.05) is 0 Å². The van der Waals surface area contributed by atoms with Gasteiger partial charge in [0.2, 0.25) is 5.43 Å². The zero-order valence-corrected chi connectivity index (χ0v) is 14.0. The molecular formula is C20H14O6. The average molecular weight is 350 g/mol. The van der Waals surface area contributed by atoms with Crippen molar-refractivity contribution in [3.05, 3.63) is 46.1 Å². The Morgan fingerprint density at radius 2 is 1.77 bits per heavy atom. The summed E-state index contributed by atoms with van der Waals surface area (Å²) in [7, 11) is 0. The van der Waals surface area contributed by atoms with E-state index < -0.39 is 11.0 Å². The summed E-state index contributed by atoms with van der Waals surface area (Å²) < 4.78 is 17.2. The van der Waals surface area contributed by atoms with Gasteiger partial charge in [-0.1, -0.05) is 0 Å². The number of aromatic hydroxyl groups is 2. The summed E-state index contributed by atoms with van der Waals surface area (Å²) in [5.74, 6) is 0.299. The normalized spacial score (nSPS) is 15.5. The number of benzene rings is 2. The summed E-state index contributed by atoms with van der Waals surface area (Å²) >= 11 is 0. The minimum absolute atomic E-state index is 0.0210. The van der Waals surface area contributed by atoms with Crippen LogP contribution in [-0.4, -0.2) is 15.8 Å². The molecule has 1 aliphatic heterocycles. The van der Waals surface area contributed by atoms with E-state index in [2.05, 4.69) is 0 Å². The van der Waals surface area contributed by atoms with E-state index in [4.69, 9.17) is 13.6 Å². The maximum Gasteiger partial charge on any atom is 0.302 e. The third-order valence-corrected chi connectivity index (χ3v) is 4.59. The third-order valence-electron chi connectivity index (χ3n) is 4.59. The molecule has 3 heterocycles. The van der Waals surface area contributed by atoms with E-state index >= 15 is 0 Å². The lowest BCUT2D eigenvalue weighted by molar-refractivity contribution is 0.158. The second-order valence-corrected chi connectivity index (χ2v) is 6.93. The minimum Gasteiger partial charge on any atom is -0.508 e. The molecule has 130 valence electrons. The first-order valence-electron chi connectivity index (χ1n) is 8.10. The topological polar surface area (TPSA) is 93.0 Å². The van der Waals surface area contributed by atoms with E-state index in [1.807, 2.05) is 19.9 Å². The first-order valence-corrected chi connectivity index (χ1v) is 8.10. The average Bonchev–Trinajstić information content (AvgIpc) is 2.90. The lowest BCUT2D eigenvalue weighted by atomic mass is 9.99. The van der Waals surface area contributed by atoms with Gasteiger partial charge >= 0.3 is 5.78 Å². The highest BCUT2D eigenvalue weighted by molar-refractivity contribution is 6.07. The van der Waals surface area contributed by atoms with Crippen LogP contribution in [0.15, 0.2) is 44.0 Å². The Hall–Kier alpha value is -3.41. The molecule has 0 aliphatic carbocycles. The Balaban J connectivity index is 1.94. The molecule has 0 saturated heterocycles. The maximum absolute atomic E-state index is 13.1. The Bertz CT molecular complexity index is 1320. The number of hydrogen-bond donors (Lipinski definition) is 2. The van der Waals surface area contributed by atoms with Gasteiger partial charge in [0, 0.05) is 17.5 Å². The van der Waals surface area contributed by atoms with Crippen LogP contribution in [0.4, 0.5) is 0 Å². The summed E-state index contributed by atoms with van der Waals surface area (Å²) in [6, 6.07) is 6.04.